The molecule has 8 nitrogen and oxygen atoms in total. The van der Waals surface area contributed by atoms with Crippen LogP contribution in [-0.2, 0) is 24.7 Å². The third-order valence-electron chi connectivity index (χ3n) is 7.39. The van der Waals surface area contributed by atoms with Gasteiger partial charge in [-0.2, -0.15) is 5.26 Å². The molecule has 0 bridgehead atoms. The van der Waals surface area contributed by atoms with Gasteiger partial charge >= 0.3 is 0 Å². The van der Waals surface area contributed by atoms with Crippen molar-refractivity contribution in [3.05, 3.63) is 56.7 Å². The molecular formula is C29H35ClN6O2S2. The summed E-state index contributed by atoms with van der Waals surface area (Å²) in [6, 6.07) is 8.65. The van der Waals surface area contributed by atoms with E-state index < -0.39 is 0 Å². The lowest BCUT2D eigenvalue weighted by Gasteiger charge is -2.33. The maximum atomic E-state index is 12.9. The van der Waals surface area contributed by atoms with E-state index in [9.17, 15) is 14.9 Å². The second-order valence-electron chi connectivity index (χ2n) is 11.6. The van der Waals surface area contributed by atoms with Crippen molar-refractivity contribution in [3.8, 4) is 6.07 Å². The Morgan fingerprint density at radius 3 is 2.58 bits per heavy atom. The molecule has 3 aromatic rings. The Bertz CT molecular complexity index is 1430. The highest BCUT2D eigenvalue weighted by molar-refractivity contribution is 7.99. The molecule has 0 unspecified atom stereocenters. The summed E-state index contributed by atoms with van der Waals surface area (Å²) in [5.74, 6) is 0.896. The first-order chi connectivity index (χ1) is 18.9. The summed E-state index contributed by atoms with van der Waals surface area (Å²) >= 11 is 8.75. The Morgan fingerprint density at radius 1 is 1.25 bits per heavy atom. The molecule has 0 aliphatic heterocycles. The minimum Gasteiger partial charge on any atom is -0.342 e. The maximum Gasteiger partial charge on any atom is 0.251 e. The van der Waals surface area contributed by atoms with Gasteiger partial charge in [0.05, 0.1) is 17.4 Å². The second-order valence-corrected chi connectivity index (χ2v) is 14.0. The van der Waals surface area contributed by atoms with Crippen molar-refractivity contribution >= 4 is 51.5 Å². The predicted molar refractivity (Wildman–Crippen MR) is 161 cm³/mol. The largest absolute Gasteiger partial charge is 0.342 e. The minimum atomic E-state index is -0.378. The minimum absolute atomic E-state index is 0.0486. The summed E-state index contributed by atoms with van der Waals surface area (Å²) in [6.45, 7) is 10.8. The number of nitriles is 1. The molecule has 1 aliphatic rings. The summed E-state index contributed by atoms with van der Waals surface area (Å²) in [6.07, 6.45) is 2.86. The van der Waals surface area contributed by atoms with Crippen molar-refractivity contribution in [1.29, 1.82) is 5.26 Å². The fourth-order valence-electron chi connectivity index (χ4n) is 4.90. The Hall–Kier alpha value is -2.87. The average molecular weight is 599 g/mol. The van der Waals surface area contributed by atoms with E-state index in [1.165, 1.54) is 28.0 Å². The van der Waals surface area contributed by atoms with Crippen LogP contribution in [0.5, 0.6) is 0 Å². The third-order valence-corrected chi connectivity index (χ3v) is 9.84. The number of nitrogens with zero attached hydrogens (tertiary/aromatic N) is 4. The van der Waals surface area contributed by atoms with E-state index in [2.05, 4.69) is 47.7 Å². The van der Waals surface area contributed by atoms with Crippen molar-refractivity contribution in [2.24, 2.45) is 24.3 Å². The molecule has 0 spiro atoms. The topological polar surface area (TPSA) is 113 Å². The van der Waals surface area contributed by atoms with Crippen molar-refractivity contribution in [3.63, 3.8) is 0 Å². The van der Waals surface area contributed by atoms with E-state index in [4.69, 9.17) is 11.6 Å². The van der Waals surface area contributed by atoms with Crippen molar-refractivity contribution < 1.29 is 9.59 Å². The van der Waals surface area contributed by atoms with Crippen LogP contribution >= 0.6 is 34.7 Å². The summed E-state index contributed by atoms with van der Waals surface area (Å²) in [7, 11) is 1.83. The molecule has 2 amide bonds. The predicted octanol–water partition coefficient (Wildman–Crippen LogP) is 6.41. The van der Waals surface area contributed by atoms with Crippen LogP contribution in [0.15, 0.2) is 29.4 Å². The highest BCUT2D eigenvalue weighted by Crippen LogP contribution is 2.44. The highest BCUT2D eigenvalue weighted by Gasteiger charge is 2.32. The molecule has 0 saturated heterocycles. The monoisotopic (exact) mass is 598 g/mol. The third kappa shape index (κ3) is 6.70. The van der Waals surface area contributed by atoms with Crippen molar-refractivity contribution in [2.45, 2.75) is 65.1 Å². The number of halogens is 1. The zero-order chi connectivity index (χ0) is 29.2. The standard InChI is InChI=1S/C29H35ClN6O2S2/c1-16(2)24(33-26(38)17-7-10-19(30)11-8-17)25-34-35-28(36(25)6)39-15-23(37)32-27-21(14-31)20-12-9-18(29(3,4)5)13-22(20)40-27/h7-8,10-11,16,18,24H,9,12-13,15H2,1-6H3,(H,32,37)(H,33,38)/t18-,24+/m1/s1. The van der Waals surface area contributed by atoms with Crippen LogP contribution in [0.2, 0.25) is 5.02 Å². The van der Waals surface area contributed by atoms with Gasteiger partial charge in [-0.3, -0.25) is 9.59 Å². The van der Waals surface area contributed by atoms with Crippen LogP contribution in [0.3, 0.4) is 0 Å². The Labute approximate surface area is 248 Å². The van der Waals surface area contributed by atoms with Crippen LogP contribution < -0.4 is 10.6 Å². The molecule has 4 rings (SSSR count). The van der Waals surface area contributed by atoms with Gasteiger partial charge in [-0.15, -0.1) is 21.5 Å². The van der Waals surface area contributed by atoms with Gasteiger partial charge in [0.25, 0.3) is 5.91 Å². The fraction of sp³-hybridized carbons (Fsp3) is 0.483. The fourth-order valence-corrected chi connectivity index (χ4v) is 7.04. The summed E-state index contributed by atoms with van der Waals surface area (Å²) in [5.41, 5.74) is 2.40. The molecule has 2 heterocycles. The van der Waals surface area contributed by atoms with Gasteiger partial charge in [-0.05, 0) is 66.3 Å². The maximum absolute atomic E-state index is 12.9. The van der Waals surface area contributed by atoms with Crippen LogP contribution in [0, 0.1) is 28.6 Å². The van der Waals surface area contributed by atoms with Gasteiger partial charge in [0, 0.05) is 22.5 Å². The number of hydrogen-bond donors (Lipinski definition) is 2. The Kier molecular flexibility index (Phi) is 9.28. The van der Waals surface area contributed by atoms with E-state index in [0.29, 0.717) is 38.0 Å². The summed E-state index contributed by atoms with van der Waals surface area (Å²) in [4.78, 5) is 27.0. The van der Waals surface area contributed by atoms with Crippen LogP contribution in [0.4, 0.5) is 5.00 Å². The van der Waals surface area contributed by atoms with Gasteiger partial charge < -0.3 is 15.2 Å². The van der Waals surface area contributed by atoms with E-state index in [1.807, 2.05) is 25.5 Å². The number of nitrogens with one attached hydrogen (secondary N) is 2. The Morgan fingerprint density at radius 2 is 1.95 bits per heavy atom. The van der Waals surface area contributed by atoms with Gasteiger partial charge in [-0.25, -0.2) is 0 Å². The first-order valence-corrected chi connectivity index (χ1v) is 15.5. The number of benzene rings is 1. The summed E-state index contributed by atoms with van der Waals surface area (Å²) < 4.78 is 1.81. The summed E-state index contributed by atoms with van der Waals surface area (Å²) in [5, 5.41) is 26.2. The highest BCUT2D eigenvalue weighted by atomic mass is 35.5. The number of aromatic nitrogens is 3. The first-order valence-electron chi connectivity index (χ1n) is 13.3. The van der Waals surface area contributed by atoms with Crippen LogP contribution in [0.25, 0.3) is 0 Å². The van der Waals surface area contributed by atoms with Crippen molar-refractivity contribution in [2.75, 3.05) is 11.1 Å². The molecule has 1 aliphatic carbocycles. The first kappa shape index (κ1) is 30.1. The van der Waals surface area contributed by atoms with Gasteiger partial charge in [0.2, 0.25) is 5.91 Å². The van der Waals surface area contributed by atoms with Crippen LogP contribution in [-0.4, -0.2) is 32.3 Å². The number of fused-ring (bicyclic) bond motifs is 1. The van der Waals surface area contributed by atoms with Crippen LogP contribution in [0.1, 0.15) is 79.3 Å². The lowest BCUT2D eigenvalue weighted by Crippen LogP contribution is -2.33. The molecule has 0 fully saturated rings. The van der Waals surface area contributed by atoms with Gasteiger partial charge in [0.1, 0.15) is 11.1 Å². The number of rotatable bonds is 8. The average Bonchev–Trinajstić information content (AvgIpc) is 3.43. The SMILES string of the molecule is CC(C)[C@H](NC(=O)c1ccc(Cl)cc1)c1nnc(SCC(=O)Nc2sc3c(c2C#N)CC[C@@H](C(C)(C)C)C3)n1C. The van der Waals surface area contributed by atoms with Crippen molar-refractivity contribution in [1.82, 2.24) is 20.1 Å². The molecule has 2 atom stereocenters. The molecule has 11 heteroatoms. The van der Waals surface area contributed by atoms with E-state index >= 15 is 0 Å². The zero-order valence-electron chi connectivity index (χ0n) is 23.7. The number of carbonyl (C=O) groups is 2. The lowest BCUT2D eigenvalue weighted by atomic mass is 9.72. The molecule has 40 heavy (non-hydrogen) atoms. The number of thioether (sulfide) groups is 1. The molecule has 212 valence electrons. The van der Waals surface area contributed by atoms with Gasteiger partial charge in [0.15, 0.2) is 11.0 Å². The molecule has 0 saturated carbocycles. The number of amides is 2. The van der Waals surface area contributed by atoms with E-state index in [0.717, 1.165) is 24.8 Å². The number of hydrogen-bond acceptors (Lipinski definition) is 7. The normalized spacial score (nSPS) is 15.8. The molecular weight excluding hydrogens is 564 g/mol. The molecule has 1 aromatic carbocycles. The molecule has 0 radical (unpaired) electrons. The number of thiophene rings is 1. The lowest BCUT2D eigenvalue weighted by molar-refractivity contribution is -0.113. The second kappa shape index (κ2) is 12.3. The van der Waals surface area contributed by atoms with E-state index in [1.54, 1.807) is 24.3 Å². The van der Waals surface area contributed by atoms with E-state index in [-0.39, 0.29) is 34.9 Å². The molecule has 2 aromatic heterocycles. The number of carbonyl (C=O) groups excluding carboxylic acids is 2. The zero-order valence-corrected chi connectivity index (χ0v) is 26.1. The smallest absolute Gasteiger partial charge is 0.251 e. The quantitative estimate of drug-likeness (QED) is 0.290. The van der Waals surface area contributed by atoms with Gasteiger partial charge in [-0.1, -0.05) is 58.0 Å². The molecule has 2 N–H and O–H groups in total. The Balaban J connectivity index is 1.41. The number of anilines is 1.